The van der Waals surface area contributed by atoms with Crippen molar-refractivity contribution in [1.82, 2.24) is 20.9 Å². The van der Waals surface area contributed by atoms with Gasteiger partial charge in [0.15, 0.2) is 0 Å². The van der Waals surface area contributed by atoms with Gasteiger partial charge in [0, 0.05) is 35.6 Å². The molecule has 3 unspecified atom stereocenters. The van der Waals surface area contributed by atoms with Gasteiger partial charge in [-0.25, -0.2) is 4.79 Å². The van der Waals surface area contributed by atoms with Crippen molar-refractivity contribution in [3.05, 3.63) is 36.0 Å². The number of nitrogens with one attached hydrogen (secondary N) is 4. The van der Waals surface area contributed by atoms with Crippen LogP contribution in [0.4, 0.5) is 0 Å². The number of hydrogen-bond acceptors (Lipinski definition) is 6. The van der Waals surface area contributed by atoms with Crippen molar-refractivity contribution >= 4 is 36.1 Å². The number of hydrogen-bond donors (Lipinski definition) is 7. The lowest BCUT2D eigenvalue weighted by molar-refractivity contribution is -0.142. The highest BCUT2D eigenvalue weighted by Crippen LogP contribution is 2.50. The molecular formula is C30H50N5O6P. The van der Waals surface area contributed by atoms with Gasteiger partial charge in [-0.05, 0) is 62.7 Å². The van der Waals surface area contributed by atoms with Crippen LogP contribution in [0.15, 0.2) is 30.5 Å². The van der Waals surface area contributed by atoms with E-state index in [-0.39, 0.29) is 43.2 Å². The Hall–Kier alpha value is -2.72. The van der Waals surface area contributed by atoms with E-state index in [4.69, 9.17) is 5.73 Å². The normalized spacial score (nSPS) is 16.1. The first-order valence-electron chi connectivity index (χ1n) is 14.9. The molecule has 8 N–H and O–H groups in total. The highest BCUT2D eigenvalue weighted by molar-refractivity contribution is 7.58. The van der Waals surface area contributed by atoms with Crippen molar-refractivity contribution in [2.24, 2.45) is 23.5 Å². The molecule has 0 aliphatic rings. The van der Waals surface area contributed by atoms with Crippen molar-refractivity contribution in [3.63, 3.8) is 0 Å². The van der Waals surface area contributed by atoms with E-state index in [9.17, 15) is 28.9 Å². The van der Waals surface area contributed by atoms with Crippen molar-refractivity contribution in [3.8, 4) is 0 Å². The molecule has 0 aliphatic heterocycles. The maximum absolute atomic E-state index is 13.9. The largest absolute Gasteiger partial charge is 0.480 e. The molecule has 42 heavy (non-hydrogen) atoms. The molecule has 2 rings (SSSR count). The Morgan fingerprint density at radius 3 is 2.24 bits per heavy atom. The Kier molecular flexibility index (Phi) is 14.2. The van der Waals surface area contributed by atoms with E-state index in [0.29, 0.717) is 13.0 Å². The smallest absolute Gasteiger partial charge is 0.326 e. The minimum Gasteiger partial charge on any atom is -0.480 e. The van der Waals surface area contributed by atoms with E-state index in [0.717, 1.165) is 29.3 Å². The van der Waals surface area contributed by atoms with E-state index >= 15 is 0 Å². The predicted molar refractivity (Wildman–Crippen MR) is 166 cm³/mol. The Bertz CT molecular complexity index is 1220. The zero-order chi connectivity index (χ0) is 31.4. The number of amides is 2. The van der Waals surface area contributed by atoms with Crippen LogP contribution in [0.2, 0.25) is 0 Å². The number of carbonyl (C=O) groups excluding carboxylic acids is 2. The lowest BCUT2D eigenvalue weighted by Crippen LogP contribution is -2.48. The van der Waals surface area contributed by atoms with Crippen LogP contribution in [0.3, 0.4) is 0 Å². The molecule has 5 atom stereocenters. The average molecular weight is 608 g/mol. The number of carboxylic acid groups (broad SMARTS) is 1. The molecule has 2 aromatic rings. The van der Waals surface area contributed by atoms with Gasteiger partial charge >= 0.3 is 5.97 Å². The minimum absolute atomic E-state index is 0.00555. The summed E-state index contributed by atoms with van der Waals surface area (Å²) in [6.45, 7) is 8.11. The number of carboxylic acids is 1. The number of rotatable bonds is 19. The topological polar surface area (TPSA) is 187 Å². The van der Waals surface area contributed by atoms with Crippen molar-refractivity contribution < 1.29 is 28.9 Å². The van der Waals surface area contributed by atoms with Crippen molar-refractivity contribution in [2.75, 3.05) is 19.8 Å². The Balaban J connectivity index is 2.24. The predicted octanol–water partition coefficient (Wildman–Crippen LogP) is 3.42. The van der Waals surface area contributed by atoms with Crippen LogP contribution in [0.25, 0.3) is 10.9 Å². The quantitative estimate of drug-likeness (QED) is 0.0935. The Morgan fingerprint density at radius 2 is 1.64 bits per heavy atom. The second-order valence-corrected chi connectivity index (χ2v) is 14.5. The standard InChI is InChI=1S/C30H50N5O6P/c1-19(2)14-22(28(36)34-26(30(38)39)16-21-17-33-24-11-7-6-10-23(21)24)18-42(40,41)27(15-20(3)4)35-29(37)25(32-5)12-8-9-13-31/h6-7,10-11,17,19-20,22,25-27,32-33H,8-9,12-16,18,31H2,1-5H3,(H,34,36)(H,35,37)(H,38,39)(H,40,41)/t22?,25-,26-,27?/m0/s1. The summed E-state index contributed by atoms with van der Waals surface area (Å²) in [5.74, 6) is -4.10. The number of likely N-dealkylation sites (N-methyl/N-ethyl adjacent to an activating group) is 1. The summed E-state index contributed by atoms with van der Waals surface area (Å²) in [5, 5.41) is 19.2. The van der Waals surface area contributed by atoms with Crippen LogP contribution in [-0.4, -0.2) is 70.4 Å². The molecule has 1 aromatic heterocycles. The molecule has 12 heteroatoms. The summed E-state index contributed by atoms with van der Waals surface area (Å²) in [4.78, 5) is 53.2. The molecule has 11 nitrogen and oxygen atoms in total. The number of H-pyrrole nitrogens is 1. The van der Waals surface area contributed by atoms with E-state index in [2.05, 4.69) is 20.9 Å². The van der Waals surface area contributed by atoms with Crippen LogP contribution >= 0.6 is 7.37 Å². The maximum Gasteiger partial charge on any atom is 0.326 e. The van der Waals surface area contributed by atoms with E-state index in [1.165, 1.54) is 0 Å². The Morgan fingerprint density at radius 1 is 0.976 bits per heavy atom. The van der Waals surface area contributed by atoms with Crippen LogP contribution in [-0.2, 0) is 25.4 Å². The molecule has 0 saturated heterocycles. The number of para-hydroxylation sites is 1. The average Bonchev–Trinajstić information content (AvgIpc) is 3.32. The van der Waals surface area contributed by atoms with Crippen LogP contribution in [0.1, 0.15) is 65.4 Å². The van der Waals surface area contributed by atoms with Gasteiger partial charge in [-0.15, -0.1) is 0 Å². The zero-order valence-corrected chi connectivity index (χ0v) is 26.5. The van der Waals surface area contributed by atoms with Gasteiger partial charge in [0.05, 0.1) is 6.04 Å². The van der Waals surface area contributed by atoms with Gasteiger partial charge in [0.1, 0.15) is 11.8 Å². The number of aromatic amines is 1. The van der Waals surface area contributed by atoms with Crippen molar-refractivity contribution in [2.45, 2.75) is 84.1 Å². The lowest BCUT2D eigenvalue weighted by Gasteiger charge is -2.30. The molecule has 0 aliphatic carbocycles. The molecule has 0 radical (unpaired) electrons. The first-order chi connectivity index (χ1) is 19.8. The fourth-order valence-corrected chi connectivity index (χ4v) is 7.50. The minimum atomic E-state index is -4.11. The molecule has 1 heterocycles. The molecule has 0 bridgehead atoms. The Labute approximate surface area is 249 Å². The van der Waals surface area contributed by atoms with Gasteiger partial charge in [-0.2, -0.15) is 0 Å². The third-order valence-electron chi connectivity index (χ3n) is 7.42. The maximum atomic E-state index is 13.9. The third-order valence-corrected chi connectivity index (χ3v) is 9.70. The zero-order valence-electron chi connectivity index (χ0n) is 25.6. The van der Waals surface area contributed by atoms with E-state index in [1.807, 2.05) is 52.0 Å². The molecule has 1 aromatic carbocycles. The summed E-state index contributed by atoms with van der Waals surface area (Å²) >= 11 is 0. The van der Waals surface area contributed by atoms with E-state index in [1.54, 1.807) is 13.2 Å². The second kappa shape index (κ2) is 16.8. The monoisotopic (exact) mass is 607 g/mol. The molecule has 236 valence electrons. The van der Waals surface area contributed by atoms with Gasteiger partial charge in [0.2, 0.25) is 19.2 Å². The number of aliphatic carboxylic acids is 1. The second-order valence-electron chi connectivity index (χ2n) is 12.0. The van der Waals surface area contributed by atoms with Crippen LogP contribution < -0.4 is 21.7 Å². The van der Waals surface area contributed by atoms with Gasteiger partial charge < -0.3 is 36.7 Å². The van der Waals surface area contributed by atoms with Gasteiger partial charge in [-0.1, -0.05) is 52.3 Å². The van der Waals surface area contributed by atoms with Gasteiger partial charge in [-0.3, -0.25) is 14.2 Å². The SMILES string of the molecule is CN[C@@H](CCCCN)C(=O)NC(CC(C)C)P(=O)(O)CC(CC(C)C)C(=O)N[C@@H](Cc1c[nH]c2ccccc12)C(=O)O. The first-order valence-corrected chi connectivity index (χ1v) is 16.8. The van der Waals surface area contributed by atoms with Gasteiger partial charge in [0.25, 0.3) is 0 Å². The number of carbonyl (C=O) groups is 3. The fraction of sp³-hybridized carbons (Fsp3) is 0.633. The molecule has 2 amide bonds. The third kappa shape index (κ3) is 10.8. The summed E-state index contributed by atoms with van der Waals surface area (Å²) in [5.41, 5.74) is 7.18. The van der Waals surface area contributed by atoms with Crippen LogP contribution in [0.5, 0.6) is 0 Å². The number of nitrogens with two attached hydrogens (primary N) is 1. The molecule has 0 fully saturated rings. The number of fused-ring (bicyclic) bond motifs is 1. The summed E-state index contributed by atoms with van der Waals surface area (Å²) in [6, 6.07) is 5.74. The number of unbranched alkanes of at least 4 members (excludes halogenated alkanes) is 1. The molecular weight excluding hydrogens is 557 g/mol. The fourth-order valence-electron chi connectivity index (χ4n) is 5.22. The number of aromatic nitrogens is 1. The highest BCUT2D eigenvalue weighted by Gasteiger charge is 2.39. The summed E-state index contributed by atoms with van der Waals surface area (Å²) < 4.78 is 13.9. The van der Waals surface area contributed by atoms with Crippen LogP contribution in [0, 0.1) is 17.8 Å². The highest BCUT2D eigenvalue weighted by atomic mass is 31.2. The first kappa shape index (κ1) is 35.5. The lowest BCUT2D eigenvalue weighted by atomic mass is 9.97. The summed E-state index contributed by atoms with van der Waals surface area (Å²) in [6.07, 6.45) is 4.00. The molecule has 0 spiro atoms. The van der Waals surface area contributed by atoms with Crippen molar-refractivity contribution in [1.29, 1.82) is 0 Å². The summed E-state index contributed by atoms with van der Waals surface area (Å²) in [7, 11) is -2.44. The van der Waals surface area contributed by atoms with E-state index < -0.39 is 43.0 Å². The molecule has 0 saturated carbocycles. The number of benzene rings is 1.